The molecule has 0 aliphatic carbocycles. The summed E-state index contributed by atoms with van der Waals surface area (Å²) in [5, 5.41) is 0. The Morgan fingerprint density at radius 2 is 2.11 bits per heavy atom. The number of hydrogen-bond acceptors (Lipinski definition) is 2. The molecule has 104 valence electrons. The standard InChI is InChI=1S/C13H12F4O2/c14-11-4-3-8(6-10(11)13(15,16)17)12(18)7-9-2-1-5-19-9/h3-4,6,9H,1-2,5,7H2. The summed E-state index contributed by atoms with van der Waals surface area (Å²) in [5.41, 5.74) is -1.55. The Morgan fingerprint density at radius 1 is 1.37 bits per heavy atom. The van der Waals surface area contributed by atoms with Gasteiger partial charge in [-0.15, -0.1) is 0 Å². The first-order valence-electron chi connectivity index (χ1n) is 5.89. The number of Topliss-reactive ketones (excluding diaryl/α,β-unsaturated/α-hetero) is 1. The third kappa shape index (κ3) is 3.32. The average molecular weight is 276 g/mol. The van der Waals surface area contributed by atoms with Crippen molar-refractivity contribution >= 4 is 5.78 Å². The van der Waals surface area contributed by atoms with Gasteiger partial charge >= 0.3 is 6.18 Å². The minimum absolute atomic E-state index is 0.0307. The van der Waals surface area contributed by atoms with E-state index in [1.165, 1.54) is 0 Å². The Morgan fingerprint density at radius 3 is 2.68 bits per heavy atom. The topological polar surface area (TPSA) is 26.3 Å². The van der Waals surface area contributed by atoms with Crippen molar-refractivity contribution in [1.29, 1.82) is 0 Å². The molecule has 2 nitrogen and oxygen atoms in total. The number of ether oxygens (including phenoxy) is 1. The van der Waals surface area contributed by atoms with Gasteiger partial charge in [0, 0.05) is 18.6 Å². The Hall–Kier alpha value is -1.43. The van der Waals surface area contributed by atoms with Crippen LogP contribution in [0.2, 0.25) is 0 Å². The van der Waals surface area contributed by atoms with Gasteiger partial charge in [0.05, 0.1) is 11.7 Å². The fourth-order valence-corrected chi connectivity index (χ4v) is 2.05. The molecule has 1 saturated heterocycles. The van der Waals surface area contributed by atoms with E-state index in [1.54, 1.807) is 0 Å². The normalized spacial score (nSPS) is 19.7. The lowest BCUT2D eigenvalue weighted by molar-refractivity contribution is -0.140. The van der Waals surface area contributed by atoms with Crippen molar-refractivity contribution < 1.29 is 27.1 Å². The SMILES string of the molecule is O=C(CC1CCCO1)c1ccc(F)c(C(F)(F)F)c1. The van der Waals surface area contributed by atoms with Gasteiger partial charge < -0.3 is 4.74 Å². The Kier molecular flexibility index (Phi) is 3.89. The van der Waals surface area contributed by atoms with Gasteiger partial charge in [0.15, 0.2) is 5.78 Å². The van der Waals surface area contributed by atoms with Crippen molar-refractivity contribution in [1.82, 2.24) is 0 Å². The second-order valence-electron chi connectivity index (χ2n) is 4.45. The van der Waals surface area contributed by atoms with E-state index in [1.807, 2.05) is 0 Å². The number of benzene rings is 1. The number of ketones is 1. The highest BCUT2D eigenvalue weighted by Crippen LogP contribution is 2.32. The van der Waals surface area contributed by atoms with Gasteiger partial charge in [0.2, 0.25) is 0 Å². The minimum atomic E-state index is -4.80. The summed E-state index contributed by atoms with van der Waals surface area (Å²) < 4.78 is 55.9. The van der Waals surface area contributed by atoms with Gasteiger partial charge in [-0.05, 0) is 31.0 Å². The highest BCUT2D eigenvalue weighted by molar-refractivity contribution is 5.96. The van der Waals surface area contributed by atoms with E-state index >= 15 is 0 Å². The summed E-state index contributed by atoms with van der Waals surface area (Å²) >= 11 is 0. The fraction of sp³-hybridized carbons (Fsp3) is 0.462. The highest BCUT2D eigenvalue weighted by atomic mass is 19.4. The molecule has 19 heavy (non-hydrogen) atoms. The minimum Gasteiger partial charge on any atom is -0.378 e. The number of rotatable bonds is 3. The zero-order valence-electron chi connectivity index (χ0n) is 9.97. The van der Waals surface area contributed by atoms with Crippen LogP contribution in [-0.4, -0.2) is 18.5 Å². The molecule has 0 aromatic heterocycles. The van der Waals surface area contributed by atoms with Crippen LogP contribution in [0.1, 0.15) is 35.2 Å². The molecule has 2 rings (SSSR count). The zero-order valence-corrected chi connectivity index (χ0v) is 9.97. The molecule has 0 spiro atoms. The van der Waals surface area contributed by atoms with Crippen LogP contribution >= 0.6 is 0 Å². The maximum Gasteiger partial charge on any atom is 0.419 e. The van der Waals surface area contributed by atoms with Crippen molar-refractivity contribution in [2.45, 2.75) is 31.5 Å². The smallest absolute Gasteiger partial charge is 0.378 e. The Labute approximate surface area is 107 Å². The second kappa shape index (κ2) is 5.28. The monoisotopic (exact) mass is 276 g/mol. The molecule has 6 heteroatoms. The zero-order chi connectivity index (χ0) is 14.0. The summed E-state index contributed by atoms with van der Waals surface area (Å²) in [5.74, 6) is -1.83. The van der Waals surface area contributed by atoms with Gasteiger partial charge in [0.25, 0.3) is 0 Å². The summed E-state index contributed by atoms with van der Waals surface area (Å²) in [6.45, 7) is 0.565. The van der Waals surface area contributed by atoms with Crippen molar-refractivity contribution in [2.75, 3.05) is 6.61 Å². The molecule has 0 saturated carbocycles. The van der Waals surface area contributed by atoms with Crippen LogP contribution in [0, 0.1) is 5.82 Å². The first-order chi connectivity index (χ1) is 8.88. The average Bonchev–Trinajstić information content (AvgIpc) is 2.80. The molecular weight excluding hydrogens is 264 g/mol. The molecule has 1 heterocycles. The maximum absolute atomic E-state index is 13.1. The summed E-state index contributed by atoms with van der Waals surface area (Å²) in [6, 6.07) is 2.31. The molecule has 0 amide bonds. The van der Waals surface area contributed by atoms with E-state index in [2.05, 4.69) is 0 Å². The predicted octanol–water partition coefficient (Wildman–Crippen LogP) is 3.60. The van der Waals surface area contributed by atoms with Crippen molar-refractivity contribution in [2.24, 2.45) is 0 Å². The van der Waals surface area contributed by atoms with Crippen molar-refractivity contribution in [3.05, 3.63) is 35.1 Å². The third-order valence-corrected chi connectivity index (χ3v) is 3.03. The van der Waals surface area contributed by atoms with Crippen LogP contribution in [0.25, 0.3) is 0 Å². The van der Waals surface area contributed by atoms with Crippen LogP contribution in [0.5, 0.6) is 0 Å². The second-order valence-corrected chi connectivity index (χ2v) is 4.45. The fourth-order valence-electron chi connectivity index (χ4n) is 2.05. The van der Waals surface area contributed by atoms with Gasteiger partial charge in [-0.1, -0.05) is 0 Å². The van der Waals surface area contributed by atoms with Crippen molar-refractivity contribution in [3.63, 3.8) is 0 Å². The van der Waals surface area contributed by atoms with E-state index < -0.39 is 23.3 Å². The van der Waals surface area contributed by atoms with E-state index in [9.17, 15) is 22.4 Å². The molecular formula is C13H12F4O2. The summed E-state index contributed by atoms with van der Waals surface area (Å²) in [6.07, 6.45) is -3.45. The molecule has 1 fully saturated rings. The molecule has 1 unspecified atom stereocenters. The van der Waals surface area contributed by atoms with E-state index in [0.717, 1.165) is 18.9 Å². The number of carbonyl (C=O) groups excluding carboxylic acids is 1. The third-order valence-electron chi connectivity index (χ3n) is 3.03. The highest BCUT2D eigenvalue weighted by Gasteiger charge is 2.34. The molecule has 0 bridgehead atoms. The summed E-state index contributed by atoms with van der Waals surface area (Å²) in [4.78, 5) is 11.8. The molecule has 0 radical (unpaired) electrons. The van der Waals surface area contributed by atoms with E-state index in [4.69, 9.17) is 4.74 Å². The number of carbonyl (C=O) groups is 1. The van der Waals surface area contributed by atoms with Crippen molar-refractivity contribution in [3.8, 4) is 0 Å². The number of halogens is 4. The first-order valence-corrected chi connectivity index (χ1v) is 5.89. The molecule has 1 aromatic rings. The van der Waals surface area contributed by atoms with Crippen LogP contribution in [0.3, 0.4) is 0 Å². The quantitative estimate of drug-likeness (QED) is 0.623. The largest absolute Gasteiger partial charge is 0.419 e. The molecule has 1 aromatic carbocycles. The lowest BCUT2D eigenvalue weighted by Crippen LogP contribution is -2.14. The van der Waals surface area contributed by atoms with Gasteiger partial charge in [-0.25, -0.2) is 4.39 Å². The van der Waals surface area contributed by atoms with Gasteiger partial charge in [-0.2, -0.15) is 13.2 Å². The van der Waals surface area contributed by atoms with Crippen LogP contribution < -0.4 is 0 Å². The van der Waals surface area contributed by atoms with E-state index in [0.29, 0.717) is 18.7 Å². The number of alkyl halides is 3. The Bertz CT molecular complexity index is 476. The summed E-state index contributed by atoms with van der Waals surface area (Å²) in [7, 11) is 0. The maximum atomic E-state index is 13.1. The van der Waals surface area contributed by atoms with Gasteiger partial charge in [0.1, 0.15) is 5.82 Å². The lowest BCUT2D eigenvalue weighted by Gasteiger charge is -2.11. The Balaban J connectivity index is 2.18. The van der Waals surface area contributed by atoms with Crippen LogP contribution in [0.4, 0.5) is 17.6 Å². The van der Waals surface area contributed by atoms with Crippen LogP contribution in [0.15, 0.2) is 18.2 Å². The molecule has 1 atom stereocenters. The molecule has 1 aliphatic heterocycles. The van der Waals surface area contributed by atoms with Crippen LogP contribution in [-0.2, 0) is 10.9 Å². The first kappa shape index (κ1) is 14.0. The predicted molar refractivity (Wildman–Crippen MR) is 59.3 cm³/mol. The number of hydrogen-bond donors (Lipinski definition) is 0. The molecule has 1 aliphatic rings. The molecule has 0 N–H and O–H groups in total. The van der Waals surface area contributed by atoms with Gasteiger partial charge in [-0.3, -0.25) is 4.79 Å². The van der Waals surface area contributed by atoms with E-state index in [-0.39, 0.29) is 18.1 Å². The lowest BCUT2D eigenvalue weighted by atomic mass is 10.0.